The Morgan fingerprint density at radius 2 is 1.75 bits per heavy atom. The van der Waals surface area contributed by atoms with Crippen LogP contribution >= 0.6 is 0 Å². The van der Waals surface area contributed by atoms with Crippen LogP contribution in [-0.2, 0) is 16.0 Å². The first-order valence-electron chi connectivity index (χ1n) is 11.5. The molecule has 1 N–H and O–H groups in total. The van der Waals surface area contributed by atoms with Crippen molar-refractivity contribution in [2.75, 3.05) is 39.8 Å². The topological polar surface area (TPSA) is 61.9 Å². The van der Waals surface area contributed by atoms with Crippen LogP contribution in [0.2, 0.25) is 0 Å². The Morgan fingerprint density at radius 3 is 2.44 bits per heavy atom. The molecule has 3 rings (SSSR count). The van der Waals surface area contributed by atoms with Crippen LogP contribution in [0.4, 0.5) is 0 Å². The van der Waals surface area contributed by atoms with Gasteiger partial charge in [0.15, 0.2) is 0 Å². The van der Waals surface area contributed by atoms with E-state index < -0.39 is 0 Å². The third-order valence-electron chi connectivity index (χ3n) is 6.00. The van der Waals surface area contributed by atoms with Gasteiger partial charge < -0.3 is 19.9 Å². The third-order valence-corrected chi connectivity index (χ3v) is 6.00. The molecule has 1 atom stereocenters. The average molecular weight is 438 g/mol. The number of hydrogen-bond donors (Lipinski definition) is 1. The number of carbonyl (C=O) groups excluding carboxylic acids is 2. The molecule has 0 aromatic heterocycles. The van der Waals surface area contributed by atoms with Crippen molar-refractivity contribution in [1.82, 2.24) is 15.1 Å². The number of hydrogen-bond acceptors (Lipinski definition) is 4. The Hall–Kier alpha value is -2.86. The molecule has 1 saturated heterocycles. The largest absolute Gasteiger partial charge is 0.497 e. The molecule has 1 aliphatic rings. The Bertz CT molecular complexity index is 854. The number of rotatable bonds is 9. The van der Waals surface area contributed by atoms with E-state index in [0.717, 1.165) is 63.3 Å². The van der Waals surface area contributed by atoms with Crippen molar-refractivity contribution in [3.8, 4) is 5.75 Å². The van der Waals surface area contributed by atoms with Gasteiger partial charge in [-0.15, -0.1) is 0 Å². The summed E-state index contributed by atoms with van der Waals surface area (Å²) in [6, 6.07) is 17.8. The Kier molecular flexibility index (Phi) is 9.11. The molecule has 6 nitrogen and oxygen atoms in total. The van der Waals surface area contributed by atoms with E-state index in [1.54, 1.807) is 7.11 Å². The molecule has 32 heavy (non-hydrogen) atoms. The molecule has 1 unspecified atom stereocenters. The highest BCUT2D eigenvalue weighted by atomic mass is 16.5. The van der Waals surface area contributed by atoms with Crippen molar-refractivity contribution < 1.29 is 14.3 Å². The Morgan fingerprint density at radius 1 is 1.00 bits per heavy atom. The minimum Gasteiger partial charge on any atom is -0.497 e. The van der Waals surface area contributed by atoms with Crippen LogP contribution in [0.15, 0.2) is 54.6 Å². The van der Waals surface area contributed by atoms with Gasteiger partial charge >= 0.3 is 0 Å². The third kappa shape index (κ3) is 7.38. The van der Waals surface area contributed by atoms with Crippen molar-refractivity contribution in [3.63, 3.8) is 0 Å². The van der Waals surface area contributed by atoms with Crippen molar-refractivity contribution in [2.45, 2.75) is 38.6 Å². The highest BCUT2D eigenvalue weighted by Gasteiger charge is 2.23. The smallest absolute Gasteiger partial charge is 0.225 e. The van der Waals surface area contributed by atoms with Gasteiger partial charge in [0.2, 0.25) is 11.8 Å². The van der Waals surface area contributed by atoms with Gasteiger partial charge in [-0.05, 0) is 55.6 Å². The van der Waals surface area contributed by atoms with Crippen LogP contribution in [0.25, 0.3) is 0 Å². The van der Waals surface area contributed by atoms with Crippen molar-refractivity contribution in [2.24, 2.45) is 0 Å². The second-order valence-corrected chi connectivity index (χ2v) is 8.40. The predicted molar refractivity (Wildman–Crippen MR) is 127 cm³/mol. The summed E-state index contributed by atoms with van der Waals surface area (Å²) in [6.45, 7) is 5.96. The summed E-state index contributed by atoms with van der Waals surface area (Å²) in [5, 5.41) is 2.93. The normalized spacial score (nSPS) is 15.6. The molecule has 1 heterocycles. The molecule has 0 saturated carbocycles. The van der Waals surface area contributed by atoms with Crippen molar-refractivity contribution in [3.05, 3.63) is 65.7 Å². The molecule has 0 aliphatic carbocycles. The van der Waals surface area contributed by atoms with Crippen LogP contribution in [0, 0.1) is 0 Å². The standard InChI is InChI=1S/C26H35N3O3/c1-21(30)27-25(23-11-13-24(32-2)14-12-23)20-26(31)29-17-7-16-28(18-19-29)15-6-10-22-8-4-3-5-9-22/h3-5,8-9,11-14,25H,6-7,10,15-20H2,1-2H3,(H,27,30). The maximum Gasteiger partial charge on any atom is 0.225 e. The molecule has 2 aromatic rings. The molecule has 2 amide bonds. The number of carbonyl (C=O) groups is 2. The summed E-state index contributed by atoms with van der Waals surface area (Å²) < 4.78 is 5.22. The lowest BCUT2D eigenvalue weighted by molar-refractivity contribution is -0.131. The van der Waals surface area contributed by atoms with Crippen LogP contribution < -0.4 is 10.1 Å². The molecule has 172 valence electrons. The van der Waals surface area contributed by atoms with E-state index in [1.165, 1.54) is 12.5 Å². The van der Waals surface area contributed by atoms with E-state index >= 15 is 0 Å². The Labute approximate surface area is 191 Å². The maximum absolute atomic E-state index is 13.1. The summed E-state index contributed by atoms with van der Waals surface area (Å²) in [7, 11) is 1.62. The van der Waals surface area contributed by atoms with Gasteiger partial charge in [0.05, 0.1) is 19.6 Å². The van der Waals surface area contributed by atoms with Crippen LogP contribution in [0.3, 0.4) is 0 Å². The number of nitrogens with one attached hydrogen (secondary N) is 1. The summed E-state index contributed by atoms with van der Waals surface area (Å²) in [5.41, 5.74) is 2.29. The average Bonchev–Trinajstić information content (AvgIpc) is 3.05. The zero-order chi connectivity index (χ0) is 22.8. The quantitative estimate of drug-likeness (QED) is 0.653. The highest BCUT2D eigenvalue weighted by molar-refractivity contribution is 5.79. The number of benzene rings is 2. The molecule has 1 aliphatic heterocycles. The van der Waals surface area contributed by atoms with Gasteiger partial charge in [0.25, 0.3) is 0 Å². The lowest BCUT2D eigenvalue weighted by atomic mass is 10.0. The SMILES string of the molecule is COc1ccc(C(CC(=O)N2CCCN(CCCc3ccccc3)CC2)NC(C)=O)cc1. The van der Waals surface area contributed by atoms with Crippen LogP contribution in [0.5, 0.6) is 5.75 Å². The number of ether oxygens (including phenoxy) is 1. The first kappa shape index (κ1) is 23.8. The predicted octanol–water partition coefficient (Wildman–Crippen LogP) is 3.43. The highest BCUT2D eigenvalue weighted by Crippen LogP contribution is 2.22. The van der Waals surface area contributed by atoms with Gasteiger partial charge in [-0.25, -0.2) is 0 Å². The van der Waals surface area contributed by atoms with Gasteiger partial charge in [0, 0.05) is 26.6 Å². The van der Waals surface area contributed by atoms with E-state index in [0.29, 0.717) is 0 Å². The van der Waals surface area contributed by atoms with Crippen LogP contribution in [0.1, 0.15) is 43.4 Å². The summed E-state index contributed by atoms with van der Waals surface area (Å²) >= 11 is 0. The minimum absolute atomic E-state index is 0.0886. The molecular formula is C26H35N3O3. The van der Waals surface area contributed by atoms with Gasteiger partial charge in [0.1, 0.15) is 5.75 Å². The van der Waals surface area contributed by atoms with E-state index in [1.807, 2.05) is 29.2 Å². The summed E-state index contributed by atoms with van der Waals surface area (Å²) in [5.74, 6) is 0.700. The summed E-state index contributed by atoms with van der Waals surface area (Å²) in [4.78, 5) is 29.2. The molecular weight excluding hydrogens is 402 g/mol. The Balaban J connectivity index is 1.51. The van der Waals surface area contributed by atoms with Gasteiger partial charge in [-0.2, -0.15) is 0 Å². The molecule has 0 bridgehead atoms. The number of methoxy groups -OCH3 is 1. The fourth-order valence-corrected chi connectivity index (χ4v) is 4.23. The fraction of sp³-hybridized carbons (Fsp3) is 0.462. The monoisotopic (exact) mass is 437 g/mol. The second-order valence-electron chi connectivity index (χ2n) is 8.40. The van der Waals surface area contributed by atoms with Gasteiger partial charge in [-0.3, -0.25) is 9.59 Å². The first-order valence-corrected chi connectivity index (χ1v) is 11.5. The van der Waals surface area contributed by atoms with Gasteiger partial charge in [-0.1, -0.05) is 42.5 Å². The van der Waals surface area contributed by atoms with Crippen molar-refractivity contribution >= 4 is 11.8 Å². The molecule has 0 spiro atoms. The zero-order valence-electron chi connectivity index (χ0n) is 19.3. The number of nitrogens with zero attached hydrogens (tertiary/aromatic N) is 2. The lowest BCUT2D eigenvalue weighted by Gasteiger charge is -2.25. The fourth-order valence-electron chi connectivity index (χ4n) is 4.23. The number of aryl methyl sites for hydroxylation is 1. The second kappa shape index (κ2) is 12.2. The van der Waals surface area contributed by atoms with Crippen LogP contribution in [-0.4, -0.2) is 61.4 Å². The zero-order valence-corrected chi connectivity index (χ0v) is 19.3. The minimum atomic E-state index is -0.337. The van der Waals surface area contributed by atoms with E-state index in [2.05, 4.69) is 40.5 Å². The molecule has 2 aromatic carbocycles. The summed E-state index contributed by atoms with van der Waals surface area (Å²) in [6.07, 6.45) is 3.45. The first-order chi connectivity index (χ1) is 15.5. The van der Waals surface area contributed by atoms with E-state index in [-0.39, 0.29) is 24.3 Å². The molecule has 1 fully saturated rings. The maximum atomic E-state index is 13.1. The lowest BCUT2D eigenvalue weighted by Crippen LogP contribution is -2.38. The van der Waals surface area contributed by atoms with Crippen molar-refractivity contribution in [1.29, 1.82) is 0 Å². The molecule has 6 heteroatoms. The molecule has 0 radical (unpaired) electrons. The van der Waals surface area contributed by atoms with E-state index in [4.69, 9.17) is 4.74 Å². The number of amides is 2. The van der Waals surface area contributed by atoms with E-state index in [9.17, 15) is 9.59 Å².